The van der Waals surface area contributed by atoms with Crippen molar-refractivity contribution >= 4 is 11.6 Å². The average Bonchev–Trinajstić information content (AvgIpc) is 2.39. The minimum Gasteiger partial charge on any atom is -0.376 e. The molecule has 1 saturated heterocycles. The zero-order valence-corrected chi connectivity index (χ0v) is 11.0. The van der Waals surface area contributed by atoms with Crippen LogP contribution in [0.3, 0.4) is 0 Å². The Kier molecular flexibility index (Phi) is 4.95. The predicted molar refractivity (Wildman–Crippen MR) is 68.5 cm³/mol. The molecule has 2 atom stereocenters. The number of rotatable bonds is 4. The highest BCUT2D eigenvalue weighted by Gasteiger charge is 2.24. The van der Waals surface area contributed by atoms with Gasteiger partial charge < -0.3 is 14.8 Å². The molecule has 0 radical (unpaired) electrons. The van der Waals surface area contributed by atoms with Gasteiger partial charge in [-0.1, -0.05) is 17.7 Å². The number of ether oxygens (including phenoxy) is 2. The van der Waals surface area contributed by atoms with E-state index in [1.807, 2.05) is 7.05 Å². The van der Waals surface area contributed by atoms with Crippen molar-refractivity contribution in [1.82, 2.24) is 5.32 Å². The maximum atomic E-state index is 13.0. The van der Waals surface area contributed by atoms with Crippen LogP contribution in [0.15, 0.2) is 18.2 Å². The molecule has 2 rings (SSSR count). The van der Waals surface area contributed by atoms with Crippen LogP contribution in [0, 0.1) is 5.82 Å². The Balaban J connectivity index is 2.04. The Morgan fingerprint density at radius 2 is 2.33 bits per heavy atom. The maximum Gasteiger partial charge on any atom is 0.124 e. The van der Waals surface area contributed by atoms with Gasteiger partial charge in [0.2, 0.25) is 0 Å². The molecule has 3 nitrogen and oxygen atoms in total. The lowest BCUT2D eigenvalue weighted by atomic mass is 10.0. The van der Waals surface area contributed by atoms with Crippen molar-refractivity contribution in [3.8, 4) is 0 Å². The molecule has 0 saturated carbocycles. The van der Waals surface area contributed by atoms with E-state index in [1.165, 1.54) is 12.1 Å². The van der Waals surface area contributed by atoms with E-state index < -0.39 is 0 Å². The maximum absolute atomic E-state index is 13.0. The number of benzene rings is 1. The Hall–Kier alpha value is -0.680. The van der Waals surface area contributed by atoms with E-state index in [-0.39, 0.29) is 18.0 Å². The molecule has 0 aromatic heterocycles. The van der Waals surface area contributed by atoms with Gasteiger partial charge in [0.1, 0.15) is 5.82 Å². The number of hydrogen-bond acceptors (Lipinski definition) is 3. The van der Waals surface area contributed by atoms with Crippen LogP contribution in [0.25, 0.3) is 0 Å². The summed E-state index contributed by atoms with van der Waals surface area (Å²) < 4.78 is 24.0. The van der Waals surface area contributed by atoms with Crippen LogP contribution < -0.4 is 5.32 Å². The van der Waals surface area contributed by atoms with Gasteiger partial charge in [-0.15, -0.1) is 0 Å². The summed E-state index contributed by atoms with van der Waals surface area (Å²) in [7, 11) is 1.88. The third-order valence-electron chi connectivity index (χ3n) is 3.12. The lowest BCUT2D eigenvalue weighted by Crippen LogP contribution is -2.46. The summed E-state index contributed by atoms with van der Waals surface area (Å²) in [5.41, 5.74) is 0.909. The van der Waals surface area contributed by atoms with Crippen molar-refractivity contribution in [1.29, 1.82) is 0 Å². The molecule has 0 amide bonds. The molecule has 1 fully saturated rings. The summed E-state index contributed by atoms with van der Waals surface area (Å²) in [6.07, 6.45) is 0.689. The number of nitrogens with one attached hydrogen (secondary N) is 1. The van der Waals surface area contributed by atoms with Gasteiger partial charge in [0.25, 0.3) is 0 Å². The fraction of sp³-hybridized carbons (Fsp3) is 0.538. The zero-order chi connectivity index (χ0) is 13.0. The topological polar surface area (TPSA) is 30.5 Å². The summed E-state index contributed by atoms with van der Waals surface area (Å²) >= 11 is 6.03. The molecule has 5 heteroatoms. The SMILES string of the molecule is CNC(Cc1ccc(F)cc1Cl)C1COCCO1. The van der Waals surface area contributed by atoms with Gasteiger partial charge in [-0.2, -0.15) is 0 Å². The largest absolute Gasteiger partial charge is 0.376 e. The van der Waals surface area contributed by atoms with Gasteiger partial charge in [-0.05, 0) is 31.2 Å². The number of halogens is 2. The molecule has 1 aromatic rings. The molecule has 0 spiro atoms. The second-order valence-electron chi connectivity index (χ2n) is 4.32. The molecule has 0 aliphatic carbocycles. The lowest BCUT2D eigenvalue weighted by molar-refractivity contribution is -0.100. The Bertz CT molecular complexity index is 397. The minimum atomic E-state index is -0.318. The van der Waals surface area contributed by atoms with E-state index in [4.69, 9.17) is 21.1 Å². The van der Waals surface area contributed by atoms with Crippen molar-refractivity contribution < 1.29 is 13.9 Å². The van der Waals surface area contributed by atoms with Gasteiger partial charge in [-0.25, -0.2) is 4.39 Å². The van der Waals surface area contributed by atoms with Gasteiger partial charge in [0, 0.05) is 11.1 Å². The standard InChI is InChI=1S/C13H17ClFNO2/c1-16-12(13-8-17-4-5-18-13)6-9-2-3-10(15)7-11(9)14/h2-3,7,12-13,16H,4-6,8H2,1H3. The van der Waals surface area contributed by atoms with E-state index in [2.05, 4.69) is 5.32 Å². The molecular formula is C13H17ClFNO2. The summed E-state index contributed by atoms with van der Waals surface area (Å²) in [4.78, 5) is 0. The van der Waals surface area contributed by atoms with Gasteiger partial charge in [0.05, 0.1) is 25.9 Å². The van der Waals surface area contributed by atoms with E-state index in [1.54, 1.807) is 6.07 Å². The molecule has 18 heavy (non-hydrogen) atoms. The van der Waals surface area contributed by atoms with E-state index >= 15 is 0 Å². The highest BCUT2D eigenvalue weighted by atomic mass is 35.5. The number of likely N-dealkylation sites (N-methyl/N-ethyl adjacent to an activating group) is 1. The molecule has 1 aliphatic rings. The van der Waals surface area contributed by atoms with Crippen LogP contribution in [0.2, 0.25) is 5.02 Å². The molecule has 0 bridgehead atoms. The molecule has 1 aromatic carbocycles. The smallest absolute Gasteiger partial charge is 0.124 e. The Labute approximate surface area is 111 Å². The van der Waals surface area contributed by atoms with Crippen LogP contribution in [0.5, 0.6) is 0 Å². The van der Waals surface area contributed by atoms with Crippen LogP contribution in [-0.2, 0) is 15.9 Å². The van der Waals surface area contributed by atoms with Crippen molar-refractivity contribution in [2.75, 3.05) is 26.9 Å². The lowest BCUT2D eigenvalue weighted by Gasteiger charge is -2.30. The highest BCUT2D eigenvalue weighted by molar-refractivity contribution is 6.31. The van der Waals surface area contributed by atoms with Crippen LogP contribution in [0.1, 0.15) is 5.56 Å². The van der Waals surface area contributed by atoms with Gasteiger partial charge in [-0.3, -0.25) is 0 Å². The summed E-state index contributed by atoms with van der Waals surface area (Å²) in [5.74, 6) is -0.318. The fourth-order valence-corrected chi connectivity index (χ4v) is 2.33. The molecule has 100 valence electrons. The van der Waals surface area contributed by atoms with Crippen molar-refractivity contribution in [2.45, 2.75) is 18.6 Å². The van der Waals surface area contributed by atoms with Crippen LogP contribution >= 0.6 is 11.6 Å². The normalized spacial score (nSPS) is 21.8. The monoisotopic (exact) mass is 273 g/mol. The van der Waals surface area contributed by atoms with Crippen molar-refractivity contribution in [3.63, 3.8) is 0 Å². The molecule has 1 aliphatic heterocycles. The quantitative estimate of drug-likeness (QED) is 0.911. The summed E-state index contributed by atoms with van der Waals surface area (Å²) in [6.45, 7) is 1.83. The fourth-order valence-electron chi connectivity index (χ4n) is 2.08. The first kappa shape index (κ1) is 13.7. The van der Waals surface area contributed by atoms with Crippen LogP contribution in [-0.4, -0.2) is 39.0 Å². The van der Waals surface area contributed by atoms with Crippen molar-refractivity contribution in [2.24, 2.45) is 0 Å². The summed E-state index contributed by atoms with van der Waals surface area (Å²) in [5, 5.41) is 3.66. The third-order valence-corrected chi connectivity index (χ3v) is 3.47. The van der Waals surface area contributed by atoms with E-state index in [9.17, 15) is 4.39 Å². The van der Waals surface area contributed by atoms with Gasteiger partial charge >= 0.3 is 0 Å². The highest BCUT2D eigenvalue weighted by Crippen LogP contribution is 2.20. The zero-order valence-electron chi connectivity index (χ0n) is 10.3. The van der Waals surface area contributed by atoms with E-state index in [0.29, 0.717) is 31.3 Å². The molecular weight excluding hydrogens is 257 g/mol. The second kappa shape index (κ2) is 6.48. The summed E-state index contributed by atoms with van der Waals surface area (Å²) in [6, 6.07) is 4.58. The molecule has 2 unspecified atom stereocenters. The molecule has 1 N–H and O–H groups in total. The van der Waals surface area contributed by atoms with E-state index in [0.717, 1.165) is 5.56 Å². The first-order valence-electron chi connectivity index (χ1n) is 6.01. The first-order valence-corrected chi connectivity index (χ1v) is 6.39. The number of hydrogen-bond donors (Lipinski definition) is 1. The average molecular weight is 274 g/mol. The predicted octanol–water partition coefficient (Wildman–Crippen LogP) is 2.02. The minimum absolute atomic E-state index is 0.00451. The van der Waals surface area contributed by atoms with Crippen LogP contribution in [0.4, 0.5) is 4.39 Å². The first-order chi connectivity index (χ1) is 8.70. The van der Waals surface area contributed by atoms with Crippen molar-refractivity contribution in [3.05, 3.63) is 34.6 Å². The third kappa shape index (κ3) is 3.42. The Morgan fingerprint density at radius 3 is 2.94 bits per heavy atom. The second-order valence-corrected chi connectivity index (χ2v) is 4.73. The molecule has 1 heterocycles. The van der Waals surface area contributed by atoms with Gasteiger partial charge in [0.15, 0.2) is 0 Å². The Morgan fingerprint density at radius 1 is 1.50 bits per heavy atom.